The molecule has 0 saturated carbocycles. The number of carbonyl (C=O) groups is 1. The van der Waals surface area contributed by atoms with Gasteiger partial charge >= 0.3 is 5.97 Å². The minimum Gasteiger partial charge on any atom is -0.493 e. The van der Waals surface area contributed by atoms with Crippen LogP contribution in [-0.4, -0.2) is 17.7 Å². The lowest BCUT2D eigenvalue weighted by Gasteiger charge is -2.02. The van der Waals surface area contributed by atoms with Gasteiger partial charge in [-0.1, -0.05) is 45.9 Å². The van der Waals surface area contributed by atoms with Crippen LogP contribution in [0.15, 0.2) is 30.3 Å². The molecule has 92 valence electrons. The number of para-hydroxylation sites is 1. The van der Waals surface area contributed by atoms with Crippen LogP contribution in [0.3, 0.4) is 0 Å². The monoisotopic (exact) mass is 226 g/mol. The zero-order valence-electron chi connectivity index (χ0n) is 10.6. The predicted molar refractivity (Wildman–Crippen MR) is 66.9 cm³/mol. The maximum Gasteiger partial charge on any atom is 0.306 e. The molecule has 0 aromatic heterocycles. The van der Waals surface area contributed by atoms with Crippen LogP contribution in [0, 0.1) is 0 Å². The van der Waals surface area contributed by atoms with E-state index < -0.39 is 5.97 Å². The van der Waals surface area contributed by atoms with Gasteiger partial charge < -0.3 is 9.84 Å². The van der Waals surface area contributed by atoms with Crippen LogP contribution in [0.1, 0.15) is 34.1 Å². The lowest BCUT2D eigenvalue weighted by molar-refractivity contribution is -0.137. The second-order valence-corrected chi connectivity index (χ2v) is 2.31. The van der Waals surface area contributed by atoms with Crippen molar-refractivity contribution < 1.29 is 14.6 Å². The van der Waals surface area contributed by atoms with Gasteiger partial charge in [0, 0.05) is 0 Å². The Morgan fingerprint density at radius 2 is 1.62 bits per heavy atom. The summed E-state index contributed by atoms with van der Waals surface area (Å²) in [6.07, 6.45) is 0.0366. The number of hydrogen-bond acceptors (Lipinski definition) is 2. The van der Waals surface area contributed by atoms with Gasteiger partial charge in [0.1, 0.15) is 5.75 Å². The molecule has 0 atom stereocenters. The van der Waals surface area contributed by atoms with Crippen LogP contribution in [0.4, 0.5) is 0 Å². The first-order chi connectivity index (χ1) is 7.79. The summed E-state index contributed by atoms with van der Waals surface area (Å²) in [6, 6.07) is 9.15. The molecule has 0 aliphatic rings. The molecule has 16 heavy (non-hydrogen) atoms. The van der Waals surface area contributed by atoms with Gasteiger partial charge in [-0.2, -0.15) is 0 Å². The van der Waals surface area contributed by atoms with E-state index in [1.54, 1.807) is 12.1 Å². The number of aliphatic carboxylic acids is 1. The van der Waals surface area contributed by atoms with Crippen molar-refractivity contribution >= 4 is 5.97 Å². The average Bonchev–Trinajstić information content (AvgIpc) is 2.35. The minimum atomic E-state index is -0.842. The molecule has 0 aliphatic carbocycles. The summed E-state index contributed by atoms with van der Waals surface area (Å²) in [5.74, 6) is -0.135. The van der Waals surface area contributed by atoms with Crippen LogP contribution < -0.4 is 4.74 Å². The van der Waals surface area contributed by atoms with E-state index in [4.69, 9.17) is 9.84 Å². The Morgan fingerprint density at radius 1 is 1.12 bits per heavy atom. The van der Waals surface area contributed by atoms with E-state index >= 15 is 0 Å². The lowest BCUT2D eigenvalue weighted by Crippen LogP contribution is -2.04. The molecule has 0 heterocycles. The SMILES string of the molecule is CC.CC.O=C(O)CCOc1ccccc1. The number of hydrogen-bond donors (Lipinski definition) is 1. The molecule has 3 heteroatoms. The molecule has 0 unspecified atom stereocenters. The summed E-state index contributed by atoms with van der Waals surface area (Å²) in [4.78, 5) is 10.1. The Bertz CT molecular complexity index is 245. The summed E-state index contributed by atoms with van der Waals surface area (Å²) in [7, 11) is 0. The van der Waals surface area contributed by atoms with Gasteiger partial charge in [-0.15, -0.1) is 0 Å². The third-order valence-corrected chi connectivity index (χ3v) is 1.33. The fourth-order valence-corrected chi connectivity index (χ4v) is 0.773. The lowest BCUT2D eigenvalue weighted by atomic mass is 10.3. The van der Waals surface area contributed by atoms with E-state index in [0.29, 0.717) is 5.75 Å². The Balaban J connectivity index is 0. The molecule has 0 amide bonds. The van der Waals surface area contributed by atoms with Gasteiger partial charge in [-0.3, -0.25) is 4.79 Å². The average molecular weight is 226 g/mol. The van der Waals surface area contributed by atoms with E-state index in [1.165, 1.54) is 0 Å². The zero-order valence-corrected chi connectivity index (χ0v) is 10.6. The molecule has 1 rings (SSSR count). The molecule has 0 fully saturated rings. The van der Waals surface area contributed by atoms with E-state index in [0.717, 1.165) is 0 Å². The number of rotatable bonds is 4. The second kappa shape index (κ2) is 13.5. The number of carboxylic acids is 1. The first kappa shape index (κ1) is 16.9. The Hall–Kier alpha value is -1.51. The van der Waals surface area contributed by atoms with Crippen molar-refractivity contribution in [3.8, 4) is 5.75 Å². The van der Waals surface area contributed by atoms with Crippen LogP contribution >= 0.6 is 0 Å². The van der Waals surface area contributed by atoms with E-state index in [2.05, 4.69) is 0 Å². The van der Waals surface area contributed by atoms with Crippen molar-refractivity contribution in [3.05, 3.63) is 30.3 Å². The molecular weight excluding hydrogens is 204 g/mol. The fraction of sp³-hybridized carbons (Fsp3) is 0.462. The topological polar surface area (TPSA) is 46.5 Å². The van der Waals surface area contributed by atoms with Crippen LogP contribution in [0.5, 0.6) is 5.75 Å². The Kier molecular flexibility index (Phi) is 14.3. The highest BCUT2D eigenvalue weighted by molar-refractivity contribution is 5.66. The summed E-state index contributed by atoms with van der Waals surface area (Å²) < 4.78 is 5.14. The number of carboxylic acid groups (broad SMARTS) is 1. The summed E-state index contributed by atoms with van der Waals surface area (Å²) in [5.41, 5.74) is 0. The van der Waals surface area contributed by atoms with E-state index in [-0.39, 0.29) is 13.0 Å². The number of benzene rings is 1. The van der Waals surface area contributed by atoms with Gasteiger partial charge in [0.25, 0.3) is 0 Å². The normalized spacial score (nSPS) is 7.75. The van der Waals surface area contributed by atoms with Crippen molar-refractivity contribution in [2.24, 2.45) is 0 Å². The smallest absolute Gasteiger partial charge is 0.306 e. The second-order valence-electron chi connectivity index (χ2n) is 2.31. The van der Waals surface area contributed by atoms with Crippen LogP contribution in [0.25, 0.3) is 0 Å². The van der Waals surface area contributed by atoms with Gasteiger partial charge in [0.05, 0.1) is 13.0 Å². The molecule has 3 nitrogen and oxygen atoms in total. The first-order valence-electron chi connectivity index (χ1n) is 5.68. The predicted octanol–water partition coefficient (Wildman–Crippen LogP) is 3.59. The maximum atomic E-state index is 10.1. The van der Waals surface area contributed by atoms with Crippen molar-refractivity contribution in [2.45, 2.75) is 34.1 Å². The highest BCUT2D eigenvalue weighted by Crippen LogP contribution is 2.07. The van der Waals surface area contributed by atoms with Crippen molar-refractivity contribution in [1.29, 1.82) is 0 Å². The summed E-state index contributed by atoms with van der Waals surface area (Å²) in [6.45, 7) is 8.22. The molecule has 0 aliphatic heterocycles. The standard InChI is InChI=1S/C9H10O3.2C2H6/c10-9(11)6-7-12-8-4-2-1-3-5-8;2*1-2/h1-5H,6-7H2,(H,10,11);2*1-2H3. The van der Waals surface area contributed by atoms with Gasteiger partial charge in [-0.25, -0.2) is 0 Å². The molecular formula is C13H22O3. The van der Waals surface area contributed by atoms with Gasteiger partial charge in [-0.05, 0) is 12.1 Å². The van der Waals surface area contributed by atoms with E-state index in [9.17, 15) is 4.79 Å². The Morgan fingerprint density at radius 3 is 2.06 bits per heavy atom. The summed E-state index contributed by atoms with van der Waals surface area (Å²) in [5, 5.41) is 8.31. The van der Waals surface area contributed by atoms with Crippen molar-refractivity contribution in [1.82, 2.24) is 0 Å². The maximum absolute atomic E-state index is 10.1. The minimum absolute atomic E-state index is 0.0366. The largest absolute Gasteiger partial charge is 0.493 e. The molecule has 1 aromatic rings. The first-order valence-corrected chi connectivity index (χ1v) is 5.68. The third kappa shape index (κ3) is 10.6. The van der Waals surface area contributed by atoms with Crippen molar-refractivity contribution in [2.75, 3.05) is 6.61 Å². The highest BCUT2D eigenvalue weighted by atomic mass is 16.5. The van der Waals surface area contributed by atoms with Crippen LogP contribution in [0.2, 0.25) is 0 Å². The Labute approximate surface area is 98.1 Å². The molecule has 0 spiro atoms. The summed E-state index contributed by atoms with van der Waals surface area (Å²) >= 11 is 0. The van der Waals surface area contributed by atoms with E-state index in [1.807, 2.05) is 45.9 Å². The number of ether oxygens (including phenoxy) is 1. The fourth-order valence-electron chi connectivity index (χ4n) is 0.773. The molecule has 1 aromatic carbocycles. The van der Waals surface area contributed by atoms with Crippen LogP contribution in [-0.2, 0) is 4.79 Å². The quantitative estimate of drug-likeness (QED) is 0.853. The molecule has 1 N–H and O–H groups in total. The highest BCUT2D eigenvalue weighted by Gasteiger charge is 1.96. The van der Waals surface area contributed by atoms with Crippen molar-refractivity contribution in [3.63, 3.8) is 0 Å². The molecule has 0 bridgehead atoms. The van der Waals surface area contributed by atoms with Gasteiger partial charge in [0.15, 0.2) is 0 Å². The van der Waals surface area contributed by atoms with Gasteiger partial charge in [0.2, 0.25) is 0 Å². The molecule has 0 saturated heterocycles. The third-order valence-electron chi connectivity index (χ3n) is 1.33. The molecule has 0 radical (unpaired) electrons. The zero-order chi connectivity index (χ0) is 12.8.